The molecule has 0 bridgehead atoms. The quantitative estimate of drug-likeness (QED) is 0.754. The van der Waals surface area contributed by atoms with Gasteiger partial charge >= 0.3 is 0 Å². The van der Waals surface area contributed by atoms with Crippen LogP contribution in [0.25, 0.3) is 10.8 Å². The fraction of sp³-hybridized carbons (Fsp3) is 0.412. The molecule has 100 valence electrons. The largest absolute Gasteiger partial charge is 0.299 e. The normalized spacial score (nSPS) is 20.8. The molecule has 1 aliphatic rings. The lowest BCUT2D eigenvalue weighted by molar-refractivity contribution is 0.179. The van der Waals surface area contributed by atoms with E-state index in [1.165, 1.54) is 35.7 Å². The number of benzene rings is 2. The van der Waals surface area contributed by atoms with E-state index in [0.29, 0.717) is 5.92 Å². The predicted octanol–water partition coefficient (Wildman–Crippen LogP) is 4.29. The fourth-order valence-electron chi connectivity index (χ4n) is 3.09. The maximum absolute atomic E-state index is 6.02. The number of nitrogens with zero attached hydrogens (tertiary/aromatic N) is 1. The minimum absolute atomic E-state index is 0.672. The molecule has 19 heavy (non-hydrogen) atoms. The number of hydrogen-bond donors (Lipinski definition) is 0. The lowest BCUT2D eigenvalue weighted by Gasteiger charge is -2.32. The van der Waals surface area contributed by atoms with Gasteiger partial charge in [-0.2, -0.15) is 0 Å². The molecule has 2 heteroatoms. The summed E-state index contributed by atoms with van der Waals surface area (Å²) in [5.74, 6) is 1.47. The Hall–Kier alpha value is -1.05. The van der Waals surface area contributed by atoms with Gasteiger partial charge in [-0.05, 0) is 41.6 Å². The van der Waals surface area contributed by atoms with Crippen molar-refractivity contribution in [2.75, 3.05) is 19.0 Å². The van der Waals surface area contributed by atoms with Gasteiger partial charge in [0.25, 0.3) is 0 Å². The first-order chi connectivity index (χ1) is 9.36. The first kappa shape index (κ1) is 13.0. The van der Waals surface area contributed by atoms with Crippen LogP contribution in [0.1, 0.15) is 18.4 Å². The molecule has 0 spiro atoms. The zero-order valence-electron chi connectivity index (χ0n) is 11.2. The molecular weight excluding hydrogens is 254 g/mol. The molecule has 0 aliphatic carbocycles. The molecule has 0 aromatic heterocycles. The molecule has 0 radical (unpaired) electrons. The molecule has 2 aromatic rings. The molecule has 0 amide bonds. The van der Waals surface area contributed by atoms with Crippen molar-refractivity contribution < 1.29 is 0 Å². The zero-order valence-corrected chi connectivity index (χ0v) is 11.9. The van der Waals surface area contributed by atoms with Gasteiger partial charge in [0.15, 0.2) is 0 Å². The van der Waals surface area contributed by atoms with Gasteiger partial charge in [0.2, 0.25) is 0 Å². The Morgan fingerprint density at radius 2 is 1.95 bits per heavy atom. The van der Waals surface area contributed by atoms with Crippen molar-refractivity contribution >= 4 is 22.4 Å². The summed E-state index contributed by atoms with van der Waals surface area (Å²) < 4.78 is 0. The van der Waals surface area contributed by atoms with Gasteiger partial charge in [0.1, 0.15) is 0 Å². The van der Waals surface area contributed by atoms with Gasteiger partial charge in [-0.25, -0.2) is 0 Å². The van der Waals surface area contributed by atoms with Gasteiger partial charge in [-0.1, -0.05) is 42.5 Å². The third-order valence-electron chi connectivity index (χ3n) is 4.10. The monoisotopic (exact) mass is 273 g/mol. The molecule has 1 atom stereocenters. The van der Waals surface area contributed by atoms with Gasteiger partial charge in [-0.3, -0.25) is 4.90 Å². The number of fused-ring (bicyclic) bond motifs is 1. The predicted molar refractivity (Wildman–Crippen MR) is 82.7 cm³/mol. The highest BCUT2D eigenvalue weighted by atomic mass is 35.5. The van der Waals surface area contributed by atoms with Crippen molar-refractivity contribution in [3.05, 3.63) is 48.0 Å². The number of rotatable bonds is 3. The van der Waals surface area contributed by atoms with Gasteiger partial charge < -0.3 is 0 Å². The van der Waals surface area contributed by atoms with E-state index in [-0.39, 0.29) is 0 Å². The van der Waals surface area contributed by atoms with E-state index < -0.39 is 0 Å². The summed E-state index contributed by atoms with van der Waals surface area (Å²) in [6.07, 6.45) is 2.57. The van der Waals surface area contributed by atoms with Crippen LogP contribution < -0.4 is 0 Å². The third kappa shape index (κ3) is 2.93. The third-order valence-corrected chi connectivity index (χ3v) is 4.53. The van der Waals surface area contributed by atoms with Crippen LogP contribution in [0.15, 0.2) is 42.5 Å². The van der Waals surface area contributed by atoms with Crippen LogP contribution in [0.3, 0.4) is 0 Å². The summed E-state index contributed by atoms with van der Waals surface area (Å²) in [4.78, 5) is 2.55. The van der Waals surface area contributed by atoms with E-state index in [4.69, 9.17) is 11.6 Å². The number of hydrogen-bond acceptors (Lipinski definition) is 1. The van der Waals surface area contributed by atoms with Crippen LogP contribution in [0.2, 0.25) is 0 Å². The van der Waals surface area contributed by atoms with Crippen LogP contribution in [0, 0.1) is 5.92 Å². The van der Waals surface area contributed by atoms with Crippen molar-refractivity contribution in [1.29, 1.82) is 0 Å². The maximum Gasteiger partial charge on any atom is 0.0263 e. The number of piperidine rings is 1. The number of alkyl halides is 1. The first-order valence-corrected chi connectivity index (χ1v) is 7.65. The topological polar surface area (TPSA) is 3.24 Å². The number of likely N-dealkylation sites (tertiary alicyclic amines) is 1. The minimum Gasteiger partial charge on any atom is -0.299 e. The molecule has 1 saturated heterocycles. The maximum atomic E-state index is 6.02. The molecule has 3 rings (SSSR count). The van der Waals surface area contributed by atoms with E-state index in [0.717, 1.165) is 19.0 Å². The molecular formula is C17H20ClN. The van der Waals surface area contributed by atoms with Crippen molar-refractivity contribution in [1.82, 2.24) is 4.90 Å². The standard InChI is InChI=1S/C17H20ClN/c18-11-14-5-4-10-19(12-14)13-16-8-3-7-15-6-1-2-9-17(15)16/h1-3,6-9,14H,4-5,10-13H2. The summed E-state index contributed by atoms with van der Waals surface area (Å²) in [5, 5.41) is 2.73. The Balaban J connectivity index is 1.81. The van der Waals surface area contributed by atoms with Crippen molar-refractivity contribution in [2.24, 2.45) is 5.92 Å². The second-order valence-electron chi connectivity index (χ2n) is 5.54. The highest BCUT2D eigenvalue weighted by molar-refractivity contribution is 6.18. The lowest BCUT2D eigenvalue weighted by atomic mass is 9.98. The summed E-state index contributed by atoms with van der Waals surface area (Å²) >= 11 is 6.02. The second-order valence-corrected chi connectivity index (χ2v) is 5.84. The van der Waals surface area contributed by atoms with Crippen molar-refractivity contribution in [2.45, 2.75) is 19.4 Å². The van der Waals surface area contributed by atoms with E-state index in [9.17, 15) is 0 Å². The Morgan fingerprint density at radius 3 is 2.84 bits per heavy atom. The second kappa shape index (κ2) is 5.94. The first-order valence-electron chi connectivity index (χ1n) is 7.12. The summed E-state index contributed by atoms with van der Waals surface area (Å²) in [6.45, 7) is 3.40. The molecule has 0 saturated carbocycles. The van der Waals surface area contributed by atoms with Gasteiger partial charge in [0, 0.05) is 19.0 Å². The summed E-state index contributed by atoms with van der Waals surface area (Å²) in [5.41, 5.74) is 1.44. The molecule has 1 unspecified atom stereocenters. The van der Waals surface area contributed by atoms with Gasteiger partial charge in [-0.15, -0.1) is 11.6 Å². The van der Waals surface area contributed by atoms with E-state index in [2.05, 4.69) is 47.4 Å². The zero-order chi connectivity index (χ0) is 13.1. The van der Waals surface area contributed by atoms with E-state index >= 15 is 0 Å². The minimum atomic E-state index is 0.672. The van der Waals surface area contributed by atoms with Crippen LogP contribution in [0.4, 0.5) is 0 Å². The smallest absolute Gasteiger partial charge is 0.0263 e. The van der Waals surface area contributed by atoms with Crippen LogP contribution >= 0.6 is 11.6 Å². The summed E-state index contributed by atoms with van der Waals surface area (Å²) in [6, 6.07) is 15.3. The van der Waals surface area contributed by atoms with Crippen LogP contribution in [0.5, 0.6) is 0 Å². The highest BCUT2D eigenvalue weighted by Gasteiger charge is 2.19. The molecule has 2 aromatic carbocycles. The SMILES string of the molecule is ClCC1CCCN(Cc2cccc3ccccc23)C1. The van der Waals surface area contributed by atoms with Crippen LogP contribution in [-0.4, -0.2) is 23.9 Å². The molecule has 1 aliphatic heterocycles. The van der Waals surface area contributed by atoms with Crippen LogP contribution in [-0.2, 0) is 6.54 Å². The highest BCUT2D eigenvalue weighted by Crippen LogP contribution is 2.23. The molecule has 1 nitrogen and oxygen atoms in total. The van der Waals surface area contributed by atoms with Gasteiger partial charge in [0.05, 0.1) is 0 Å². The van der Waals surface area contributed by atoms with E-state index in [1.54, 1.807) is 0 Å². The lowest BCUT2D eigenvalue weighted by Crippen LogP contribution is -2.35. The average Bonchev–Trinajstić information content (AvgIpc) is 2.48. The molecule has 1 heterocycles. The molecule has 1 fully saturated rings. The fourth-order valence-corrected chi connectivity index (χ4v) is 3.34. The average molecular weight is 274 g/mol. The Bertz CT molecular complexity index is 546. The Kier molecular flexibility index (Phi) is 4.05. The summed E-state index contributed by atoms with van der Waals surface area (Å²) in [7, 11) is 0. The Morgan fingerprint density at radius 1 is 1.11 bits per heavy atom. The molecule has 0 N–H and O–H groups in total. The number of halogens is 1. The van der Waals surface area contributed by atoms with E-state index in [1.807, 2.05) is 0 Å². The Labute approximate surface area is 120 Å². The van der Waals surface area contributed by atoms with Crippen molar-refractivity contribution in [3.63, 3.8) is 0 Å². The van der Waals surface area contributed by atoms with Crippen molar-refractivity contribution in [3.8, 4) is 0 Å².